The molecule has 0 aliphatic heterocycles. The number of rotatable bonds is 3. The lowest BCUT2D eigenvalue weighted by atomic mass is 10.2. The Balaban J connectivity index is 2.82. The molecular weight excluding hydrogens is 188 g/mol. The number of hydrogen-bond acceptors (Lipinski definition) is 3. The van der Waals surface area contributed by atoms with Crippen LogP contribution in [0.5, 0.6) is 0 Å². The molecule has 0 bridgehead atoms. The lowest BCUT2D eigenvalue weighted by Gasteiger charge is -1.92. The third-order valence-electron chi connectivity index (χ3n) is 1.46. The summed E-state index contributed by atoms with van der Waals surface area (Å²) in [6.45, 7) is 0. The second kappa shape index (κ2) is 4.20. The summed E-state index contributed by atoms with van der Waals surface area (Å²) in [4.78, 5) is 0. The van der Waals surface area contributed by atoms with Gasteiger partial charge in [-0.3, -0.25) is 4.18 Å². The van der Waals surface area contributed by atoms with E-state index in [9.17, 15) is 8.42 Å². The topological polar surface area (TPSA) is 43.4 Å². The molecular formula is C9H10O3S. The highest BCUT2D eigenvalue weighted by Gasteiger charge is 1.99. The largest absolute Gasteiger partial charge is 0.289 e. The Kier molecular flexibility index (Phi) is 3.22. The smallest absolute Gasteiger partial charge is 0.270 e. The first kappa shape index (κ1) is 9.95. The Morgan fingerprint density at radius 1 is 1.23 bits per heavy atom. The number of hydrogen-bond donors (Lipinski definition) is 0. The van der Waals surface area contributed by atoms with Crippen molar-refractivity contribution in [3.63, 3.8) is 0 Å². The highest BCUT2D eigenvalue weighted by molar-refractivity contribution is 7.89. The quantitative estimate of drug-likeness (QED) is 0.693. The third-order valence-corrected chi connectivity index (χ3v) is 2.39. The fourth-order valence-corrected chi connectivity index (χ4v) is 1.22. The van der Waals surface area contributed by atoms with Crippen molar-refractivity contribution in [1.82, 2.24) is 0 Å². The van der Waals surface area contributed by atoms with Gasteiger partial charge in [0.2, 0.25) is 0 Å². The van der Waals surface area contributed by atoms with Crippen molar-refractivity contribution in [2.75, 3.05) is 7.11 Å². The molecule has 0 fully saturated rings. The Hall–Kier alpha value is -1.13. The highest BCUT2D eigenvalue weighted by atomic mass is 32.2. The highest BCUT2D eigenvalue weighted by Crippen LogP contribution is 2.03. The maximum atomic E-state index is 10.9. The van der Waals surface area contributed by atoms with E-state index in [1.165, 1.54) is 6.08 Å². The molecule has 13 heavy (non-hydrogen) atoms. The van der Waals surface area contributed by atoms with Gasteiger partial charge in [0, 0.05) is 0 Å². The van der Waals surface area contributed by atoms with E-state index in [1.807, 2.05) is 30.3 Å². The van der Waals surface area contributed by atoms with E-state index in [0.717, 1.165) is 18.1 Å². The summed E-state index contributed by atoms with van der Waals surface area (Å²) in [7, 11) is -2.37. The Morgan fingerprint density at radius 2 is 1.85 bits per heavy atom. The monoisotopic (exact) mass is 198 g/mol. The van der Waals surface area contributed by atoms with Gasteiger partial charge in [-0.2, -0.15) is 8.42 Å². The minimum absolute atomic E-state index is 0.822. The van der Waals surface area contributed by atoms with Crippen molar-refractivity contribution in [3.05, 3.63) is 41.3 Å². The summed E-state index contributed by atoms with van der Waals surface area (Å²) in [5, 5.41) is 1.03. The van der Waals surface area contributed by atoms with Crippen LogP contribution in [0, 0.1) is 0 Å². The van der Waals surface area contributed by atoms with E-state index in [4.69, 9.17) is 0 Å². The molecule has 1 rings (SSSR count). The lowest BCUT2D eigenvalue weighted by Crippen LogP contribution is -1.95. The third kappa shape index (κ3) is 3.40. The summed E-state index contributed by atoms with van der Waals surface area (Å²) in [5.41, 5.74) is 0.822. The van der Waals surface area contributed by atoms with Gasteiger partial charge in [0.25, 0.3) is 10.1 Å². The molecule has 4 heteroatoms. The predicted molar refractivity (Wildman–Crippen MR) is 51.4 cm³/mol. The first-order chi connectivity index (χ1) is 6.14. The van der Waals surface area contributed by atoms with Crippen LogP contribution in [0.2, 0.25) is 0 Å². The van der Waals surface area contributed by atoms with Crippen LogP contribution in [0.15, 0.2) is 35.7 Å². The molecule has 0 aromatic heterocycles. The summed E-state index contributed by atoms with van der Waals surface area (Å²) in [6, 6.07) is 9.14. The second-order valence-corrected chi connectivity index (χ2v) is 3.96. The summed E-state index contributed by atoms with van der Waals surface area (Å²) >= 11 is 0. The Bertz CT molecular complexity index is 379. The molecule has 0 aliphatic carbocycles. The molecule has 0 saturated heterocycles. The van der Waals surface area contributed by atoms with Gasteiger partial charge in [0.15, 0.2) is 0 Å². The molecule has 0 spiro atoms. The van der Waals surface area contributed by atoms with Gasteiger partial charge < -0.3 is 0 Å². The normalized spacial score (nSPS) is 12.1. The molecule has 0 radical (unpaired) electrons. The molecule has 70 valence electrons. The fraction of sp³-hybridized carbons (Fsp3) is 0.111. The van der Waals surface area contributed by atoms with Crippen molar-refractivity contribution in [2.45, 2.75) is 0 Å². The van der Waals surface area contributed by atoms with E-state index >= 15 is 0 Å². The van der Waals surface area contributed by atoms with Gasteiger partial charge in [-0.1, -0.05) is 30.3 Å². The van der Waals surface area contributed by atoms with Crippen LogP contribution >= 0.6 is 0 Å². The van der Waals surface area contributed by atoms with Crippen molar-refractivity contribution in [2.24, 2.45) is 0 Å². The molecule has 3 nitrogen and oxygen atoms in total. The van der Waals surface area contributed by atoms with Crippen LogP contribution in [0.1, 0.15) is 5.56 Å². The van der Waals surface area contributed by atoms with Gasteiger partial charge >= 0.3 is 0 Å². The summed E-state index contributed by atoms with van der Waals surface area (Å²) in [6.07, 6.45) is 1.48. The molecule has 1 aromatic carbocycles. The summed E-state index contributed by atoms with van der Waals surface area (Å²) in [5.74, 6) is 0. The maximum Gasteiger partial charge on any atom is 0.289 e. The first-order valence-electron chi connectivity index (χ1n) is 3.68. The fourth-order valence-electron chi connectivity index (χ4n) is 0.782. The summed E-state index contributed by atoms with van der Waals surface area (Å²) < 4.78 is 26.0. The van der Waals surface area contributed by atoms with Crippen LogP contribution in [0.3, 0.4) is 0 Å². The van der Waals surface area contributed by atoms with Crippen LogP contribution in [0.4, 0.5) is 0 Å². The lowest BCUT2D eigenvalue weighted by molar-refractivity contribution is 0.406. The average Bonchev–Trinajstić information content (AvgIpc) is 2.17. The van der Waals surface area contributed by atoms with Gasteiger partial charge in [0.05, 0.1) is 12.5 Å². The van der Waals surface area contributed by atoms with Crippen molar-refractivity contribution < 1.29 is 12.6 Å². The predicted octanol–water partition coefficient (Wildman–Crippen LogP) is 1.63. The van der Waals surface area contributed by atoms with Crippen molar-refractivity contribution in [1.29, 1.82) is 0 Å². The molecule has 0 heterocycles. The van der Waals surface area contributed by atoms with E-state index < -0.39 is 10.1 Å². The maximum absolute atomic E-state index is 10.9. The van der Waals surface area contributed by atoms with E-state index in [0.29, 0.717) is 0 Å². The zero-order chi connectivity index (χ0) is 9.73. The molecule has 0 N–H and O–H groups in total. The molecule has 0 atom stereocenters. The molecule has 0 unspecified atom stereocenters. The molecule has 0 amide bonds. The van der Waals surface area contributed by atoms with Gasteiger partial charge in [-0.15, -0.1) is 0 Å². The van der Waals surface area contributed by atoms with E-state index in [1.54, 1.807) is 0 Å². The SMILES string of the molecule is COS(=O)(=O)/C=C/c1ccccc1. The minimum Gasteiger partial charge on any atom is -0.270 e. The van der Waals surface area contributed by atoms with Crippen LogP contribution in [-0.2, 0) is 14.3 Å². The number of benzene rings is 1. The van der Waals surface area contributed by atoms with E-state index in [2.05, 4.69) is 4.18 Å². The Morgan fingerprint density at radius 3 is 2.38 bits per heavy atom. The van der Waals surface area contributed by atoms with Crippen molar-refractivity contribution >= 4 is 16.2 Å². The van der Waals surface area contributed by atoms with Crippen LogP contribution < -0.4 is 0 Å². The molecule has 1 aromatic rings. The zero-order valence-electron chi connectivity index (χ0n) is 7.17. The molecule has 0 saturated carbocycles. The molecule has 0 aliphatic rings. The van der Waals surface area contributed by atoms with Gasteiger partial charge in [-0.05, 0) is 11.6 Å². The first-order valence-corrected chi connectivity index (χ1v) is 5.15. The van der Waals surface area contributed by atoms with Crippen LogP contribution in [0.25, 0.3) is 6.08 Å². The van der Waals surface area contributed by atoms with Gasteiger partial charge in [0.1, 0.15) is 0 Å². The zero-order valence-corrected chi connectivity index (χ0v) is 7.99. The van der Waals surface area contributed by atoms with Gasteiger partial charge in [-0.25, -0.2) is 0 Å². The van der Waals surface area contributed by atoms with E-state index in [-0.39, 0.29) is 0 Å². The standard InChI is InChI=1S/C9H10O3S/c1-12-13(10,11)8-7-9-5-3-2-4-6-9/h2-8H,1H3/b8-7+. The Labute approximate surface area is 77.8 Å². The average molecular weight is 198 g/mol. The van der Waals surface area contributed by atoms with Crippen LogP contribution in [-0.4, -0.2) is 15.5 Å². The van der Waals surface area contributed by atoms with Crippen molar-refractivity contribution in [3.8, 4) is 0 Å². The second-order valence-electron chi connectivity index (χ2n) is 2.37. The minimum atomic E-state index is -3.50.